The average Bonchev–Trinajstić information content (AvgIpc) is 2.72. The zero-order valence-corrected chi connectivity index (χ0v) is 12.0. The van der Waals surface area contributed by atoms with Crippen LogP contribution >= 0.6 is 11.6 Å². The summed E-state index contributed by atoms with van der Waals surface area (Å²) in [6.07, 6.45) is 0. The number of nitrogens with zero attached hydrogens (tertiary/aromatic N) is 3. The van der Waals surface area contributed by atoms with Gasteiger partial charge in [-0.15, -0.1) is 10.2 Å². The van der Waals surface area contributed by atoms with E-state index in [-0.39, 0.29) is 5.16 Å². The molecule has 0 spiro atoms. The first-order chi connectivity index (χ1) is 8.84. The summed E-state index contributed by atoms with van der Waals surface area (Å²) in [5.41, 5.74) is 1.66. The van der Waals surface area contributed by atoms with Gasteiger partial charge in [-0.1, -0.05) is 11.6 Å². The second-order valence-corrected chi connectivity index (χ2v) is 5.95. The lowest BCUT2D eigenvalue weighted by molar-refractivity contribution is 0.571. The highest BCUT2D eigenvalue weighted by atomic mass is 35.5. The minimum absolute atomic E-state index is 0.237. The fourth-order valence-electron chi connectivity index (χ4n) is 1.86. The summed E-state index contributed by atoms with van der Waals surface area (Å²) in [6, 6.07) is 5.28. The molecular weight excluding hydrogens is 288 g/mol. The second-order valence-electron chi connectivity index (χ2n) is 4.05. The van der Waals surface area contributed by atoms with Crippen molar-refractivity contribution in [1.82, 2.24) is 14.8 Å². The number of aromatic nitrogens is 3. The molecule has 0 fully saturated rings. The SMILES string of the molecule is CCn1c(-c2ccc(Cl)cc2C)nnc1S(N)(=O)=O. The van der Waals surface area contributed by atoms with Crippen LogP contribution in [-0.4, -0.2) is 23.2 Å². The van der Waals surface area contributed by atoms with Gasteiger partial charge in [0, 0.05) is 17.1 Å². The molecule has 2 N–H and O–H groups in total. The van der Waals surface area contributed by atoms with E-state index in [1.165, 1.54) is 4.57 Å². The number of halogens is 1. The molecule has 8 heteroatoms. The van der Waals surface area contributed by atoms with E-state index in [0.29, 0.717) is 17.4 Å². The third-order valence-corrected chi connectivity index (χ3v) is 3.76. The molecule has 1 aromatic heterocycles. The van der Waals surface area contributed by atoms with E-state index in [0.717, 1.165) is 11.1 Å². The Morgan fingerprint density at radius 2 is 2.05 bits per heavy atom. The Hall–Kier alpha value is -1.44. The molecular formula is C11H13ClN4O2S. The first-order valence-corrected chi connectivity index (χ1v) is 7.49. The predicted octanol–water partition coefficient (Wildman–Crippen LogP) is 1.57. The second kappa shape index (κ2) is 4.92. The zero-order chi connectivity index (χ0) is 14.2. The van der Waals surface area contributed by atoms with Gasteiger partial charge in [-0.2, -0.15) is 0 Å². The van der Waals surface area contributed by atoms with Crippen LogP contribution in [0.25, 0.3) is 11.4 Å². The van der Waals surface area contributed by atoms with Gasteiger partial charge in [0.05, 0.1) is 0 Å². The Kier molecular flexibility index (Phi) is 3.62. The minimum atomic E-state index is -3.89. The lowest BCUT2D eigenvalue weighted by Gasteiger charge is -2.08. The zero-order valence-electron chi connectivity index (χ0n) is 10.5. The molecule has 1 aromatic carbocycles. The van der Waals surface area contributed by atoms with Crippen LogP contribution in [-0.2, 0) is 16.6 Å². The average molecular weight is 301 g/mol. The van der Waals surface area contributed by atoms with E-state index >= 15 is 0 Å². The summed E-state index contributed by atoms with van der Waals surface area (Å²) in [7, 11) is -3.89. The first-order valence-electron chi connectivity index (χ1n) is 5.57. The Labute approximate surface area is 116 Å². The molecule has 1 heterocycles. The highest BCUT2D eigenvalue weighted by molar-refractivity contribution is 7.89. The maximum atomic E-state index is 11.4. The number of primary sulfonamides is 1. The van der Waals surface area contributed by atoms with E-state index < -0.39 is 10.0 Å². The topological polar surface area (TPSA) is 90.9 Å². The van der Waals surface area contributed by atoms with E-state index in [1.54, 1.807) is 25.1 Å². The van der Waals surface area contributed by atoms with E-state index in [9.17, 15) is 8.42 Å². The number of rotatable bonds is 3. The smallest absolute Gasteiger partial charge is 0.273 e. The van der Waals surface area contributed by atoms with Crippen molar-refractivity contribution >= 4 is 21.6 Å². The van der Waals surface area contributed by atoms with Crippen LogP contribution in [0.15, 0.2) is 23.4 Å². The van der Waals surface area contributed by atoms with Crippen molar-refractivity contribution in [3.8, 4) is 11.4 Å². The molecule has 0 aliphatic carbocycles. The van der Waals surface area contributed by atoms with Gasteiger partial charge in [0.2, 0.25) is 0 Å². The summed E-state index contributed by atoms with van der Waals surface area (Å²) in [4.78, 5) is 0. The van der Waals surface area contributed by atoms with Gasteiger partial charge < -0.3 is 0 Å². The lowest BCUT2D eigenvalue weighted by Crippen LogP contribution is -2.18. The summed E-state index contributed by atoms with van der Waals surface area (Å²) in [6.45, 7) is 4.06. The number of nitrogens with two attached hydrogens (primary N) is 1. The van der Waals surface area contributed by atoms with Crippen molar-refractivity contribution in [2.24, 2.45) is 5.14 Å². The molecule has 0 amide bonds. The highest BCUT2D eigenvalue weighted by Crippen LogP contribution is 2.25. The number of benzene rings is 1. The van der Waals surface area contributed by atoms with E-state index in [2.05, 4.69) is 10.2 Å². The summed E-state index contributed by atoms with van der Waals surface area (Å²) >= 11 is 5.90. The molecule has 0 saturated carbocycles. The molecule has 0 radical (unpaired) electrons. The molecule has 2 rings (SSSR count). The molecule has 0 bridgehead atoms. The van der Waals surface area contributed by atoms with Gasteiger partial charge in [0.1, 0.15) is 0 Å². The maximum absolute atomic E-state index is 11.4. The van der Waals surface area contributed by atoms with Crippen LogP contribution in [0.2, 0.25) is 5.02 Å². The van der Waals surface area contributed by atoms with Gasteiger partial charge >= 0.3 is 0 Å². The van der Waals surface area contributed by atoms with Crippen molar-refractivity contribution in [1.29, 1.82) is 0 Å². The number of aryl methyl sites for hydroxylation is 1. The summed E-state index contributed by atoms with van der Waals surface area (Å²) in [5.74, 6) is 0.459. The molecule has 102 valence electrons. The monoisotopic (exact) mass is 300 g/mol. The van der Waals surface area contributed by atoms with Crippen LogP contribution in [0.1, 0.15) is 12.5 Å². The van der Waals surface area contributed by atoms with E-state index in [4.69, 9.17) is 16.7 Å². The van der Waals surface area contributed by atoms with Crippen LogP contribution in [0.4, 0.5) is 0 Å². The molecule has 0 unspecified atom stereocenters. The number of sulfonamides is 1. The quantitative estimate of drug-likeness (QED) is 0.931. The predicted molar refractivity (Wildman–Crippen MR) is 72.3 cm³/mol. The molecule has 0 saturated heterocycles. The van der Waals surface area contributed by atoms with Crippen molar-refractivity contribution in [2.45, 2.75) is 25.5 Å². The normalized spacial score (nSPS) is 11.8. The molecule has 0 atom stereocenters. The Morgan fingerprint density at radius 3 is 2.58 bits per heavy atom. The fraction of sp³-hybridized carbons (Fsp3) is 0.273. The summed E-state index contributed by atoms with van der Waals surface area (Å²) in [5, 5.41) is 13.1. The van der Waals surface area contributed by atoms with Crippen LogP contribution in [0, 0.1) is 6.92 Å². The third kappa shape index (κ3) is 2.63. The standard InChI is InChI=1S/C11H13ClN4O2S/c1-3-16-10(14-15-11(16)19(13,17)18)9-5-4-8(12)6-7(9)2/h4-6H,3H2,1-2H3,(H2,13,17,18). The van der Waals surface area contributed by atoms with Crippen LogP contribution < -0.4 is 5.14 Å². The largest absolute Gasteiger partial charge is 0.297 e. The molecule has 6 nitrogen and oxygen atoms in total. The Morgan fingerprint density at radius 1 is 1.37 bits per heavy atom. The van der Waals surface area contributed by atoms with Crippen molar-refractivity contribution in [3.05, 3.63) is 28.8 Å². The lowest BCUT2D eigenvalue weighted by atomic mass is 10.1. The third-order valence-electron chi connectivity index (χ3n) is 2.72. The Bertz CT molecular complexity index is 724. The molecule has 0 aliphatic rings. The van der Waals surface area contributed by atoms with Gasteiger partial charge in [-0.05, 0) is 37.6 Å². The summed E-state index contributed by atoms with van der Waals surface area (Å²) < 4.78 is 24.3. The van der Waals surface area contributed by atoms with Crippen molar-refractivity contribution < 1.29 is 8.42 Å². The minimum Gasteiger partial charge on any atom is -0.297 e. The highest BCUT2D eigenvalue weighted by Gasteiger charge is 2.21. The first kappa shape index (κ1) is 14.0. The van der Waals surface area contributed by atoms with Crippen LogP contribution in [0.3, 0.4) is 0 Å². The van der Waals surface area contributed by atoms with Gasteiger partial charge in [-0.3, -0.25) is 4.57 Å². The van der Waals surface area contributed by atoms with E-state index in [1.807, 2.05) is 6.92 Å². The van der Waals surface area contributed by atoms with Crippen LogP contribution in [0.5, 0.6) is 0 Å². The molecule has 2 aromatic rings. The maximum Gasteiger partial charge on any atom is 0.273 e. The van der Waals surface area contributed by atoms with Gasteiger partial charge in [0.15, 0.2) is 5.82 Å². The molecule has 0 aliphatic heterocycles. The van der Waals surface area contributed by atoms with Gasteiger partial charge in [0.25, 0.3) is 15.2 Å². The number of hydrogen-bond donors (Lipinski definition) is 1. The van der Waals surface area contributed by atoms with Gasteiger partial charge in [-0.25, -0.2) is 13.6 Å². The number of hydrogen-bond acceptors (Lipinski definition) is 4. The van der Waals surface area contributed by atoms with Crippen molar-refractivity contribution in [3.63, 3.8) is 0 Å². The molecule has 19 heavy (non-hydrogen) atoms. The fourth-order valence-corrected chi connectivity index (χ4v) is 2.77. The Balaban J connectivity index is 2.67. The van der Waals surface area contributed by atoms with Crippen molar-refractivity contribution in [2.75, 3.05) is 0 Å².